The van der Waals surface area contributed by atoms with E-state index < -0.39 is 0 Å². The van der Waals surface area contributed by atoms with Crippen molar-refractivity contribution in [2.24, 2.45) is 5.92 Å². The lowest BCUT2D eigenvalue weighted by Gasteiger charge is -2.16. The van der Waals surface area contributed by atoms with Gasteiger partial charge in [0, 0.05) is 13.1 Å². The van der Waals surface area contributed by atoms with Gasteiger partial charge in [0.2, 0.25) is 0 Å². The van der Waals surface area contributed by atoms with Crippen molar-refractivity contribution >= 4 is 6.03 Å². The molecule has 0 aromatic carbocycles. The maximum Gasteiger partial charge on any atom is 0.314 e. The number of amides is 2. The lowest BCUT2D eigenvalue weighted by Crippen LogP contribution is -2.41. The molecule has 1 aliphatic rings. The van der Waals surface area contributed by atoms with E-state index in [1.807, 2.05) is 0 Å². The second-order valence-electron chi connectivity index (χ2n) is 3.24. The monoisotopic (exact) mass is 156 g/mol. The van der Waals surface area contributed by atoms with E-state index in [9.17, 15) is 4.79 Å². The predicted octanol–water partition coefficient (Wildman–Crippen LogP) is 1.10. The van der Waals surface area contributed by atoms with Crippen LogP contribution in [0.2, 0.25) is 0 Å². The molecule has 2 atom stereocenters. The molecule has 0 aromatic heterocycles. The molecule has 3 nitrogen and oxygen atoms in total. The van der Waals surface area contributed by atoms with Crippen LogP contribution in [0, 0.1) is 5.92 Å². The van der Waals surface area contributed by atoms with Crippen molar-refractivity contribution in [3.05, 3.63) is 0 Å². The Balaban J connectivity index is 2.30. The molecule has 1 aliphatic carbocycles. The van der Waals surface area contributed by atoms with E-state index >= 15 is 0 Å². The molecule has 0 aromatic rings. The number of urea groups is 1. The maximum atomic E-state index is 10.9. The molecule has 0 radical (unpaired) electrons. The molecular formula is C8H16N2O. The summed E-state index contributed by atoms with van der Waals surface area (Å²) in [6.45, 7) is 2.19. The molecule has 2 amide bonds. The number of carbonyl (C=O) groups is 1. The van der Waals surface area contributed by atoms with Gasteiger partial charge in [0.15, 0.2) is 0 Å². The summed E-state index contributed by atoms with van der Waals surface area (Å²) in [4.78, 5) is 10.9. The Kier molecular flexibility index (Phi) is 2.74. The molecule has 3 heteroatoms. The van der Waals surface area contributed by atoms with Crippen molar-refractivity contribution in [1.82, 2.24) is 10.6 Å². The Morgan fingerprint density at radius 2 is 2.18 bits per heavy atom. The highest BCUT2D eigenvalue weighted by Gasteiger charge is 2.23. The summed E-state index contributed by atoms with van der Waals surface area (Å²) in [5.74, 6) is 0.646. The standard InChI is InChI=1S/C8H16N2O/c1-6-4-3-5-7(6)10-8(11)9-2/h6-7H,3-5H2,1-2H3,(H2,9,10,11)/t6-,7+/m0/s1. The summed E-state index contributed by atoms with van der Waals surface area (Å²) < 4.78 is 0. The normalized spacial score (nSPS) is 30.0. The van der Waals surface area contributed by atoms with Crippen LogP contribution < -0.4 is 10.6 Å². The fourth-order valence-corrected chi connectivity index (χ4v) is 1.60. The van der Waals surface area contributed by atoms with Crippen LogP contribution in [0.1, 0.15) is 26.2 Å². The lowest BCUT2D eigenvalue weighted by molar-refractivity contribution is 0.236. The number of rotatable bonds is 1. The molecule has 0 heterocycles. The Hall–Kier alpha value is -0.730. The minimum Gasteiger partial charge on any atom is -0.341 e. The molecule has 1 rings (SSSR count). The summed E-state index contributed by atoms with van der Waals surface area (Å²) >= 11 is 0. The molecule has 2 N–H and O–H groups in total. The van der Waals surface area contributed by atoms with Gasteiger partial charge in [-0.2, -0.15) is 0 Å². The molecule has 64 valence electrons. The van der Waals surface area contributed by atoms with Gasteiger partial charge < -0.3 is 10.6 Å². The van der Waals surface area contributed by atoms with Gasteiger partial charge in [-0.05, 0) is 18.8 Å². The van der Waals surface area contributed by atoms with Crippen LogP contribution >= 0.6 is 0 Å². The lowest BCUT2D eigenvalue weighted by atomic mass is 10.1. The Labute approximate surface area is 67.5 Å². The molecule has 0 spiro atoms. The van der Waals surface area contributed by atoms with Crippen LogP contribution in [-0.4, -0.2) is 19.1 Å². The Bertz CT molecular complexity index is 147. The van der Waals surface area contributed by atoms with Crippen LogP contribution in [-0.2, 0) is 0 Å². The average Bonchev–Trinajstić information content (AvgIpc) is 2.37. The van der Waals surface area contributed by atoms with Gasteiger partial charge in [-0.1, -0.05) is 13.3 Å². The maximum absolute atomic E-state index is 10.9. The van der Waals surface area contributed by atoms with Crippen molar-refractivity contribution in [2.75, 3.05) is 7.05 Å². The Morgan fingerprint density at radius 1 is 1.45 bits per heavy atom. The highest BCUT2D eigenvalue weighted by atomic mass is 16.2. The summed E-state index contributed by atoms with van der Waals surface area (Å²) in [5, 5.41) is 5.49. The fraction of sp³-hybridized carbons (Fsp3) is 0.875. The van der Waals surface area contributed by atoms with E-state index in [2.05, 4.69) is 17.6 Å². The van der Waals surface area contributed by atoms with Gasteiger partial charge in [0.05, 0.1) is 0 Å². The molecule has 1 fully saturated rings. The van der Waals surface area contributed by atoms with Crippen molar-refractivity contribution in [3.8, 4) is 0 Å². The van der Waals surface area contributed by atoms with Gasteiger partial charge in [-0.25, -0.2) is 4.79 Å². The van der Waals surface area contributed by atoms with E-state index in [0.717, 1.165) is 6.42 Å². The van der Waals surface area contributed by atoms with E-state index in [0.29, 0.717) is 12.0 Å². The highest BCUT2D eigenvalue weighted by molar-refractivity contribution is 5.73. The zero-order valence-corrected chi connectivity index (χ0v) is 7.18. The quantitative estimate of drug-likeness (QED) is 0.586. The Morgan fingerprint density at radius 3 is 2.64 bits per heavy atom. The van der Waals surface area contributed by atoms with E-state index in [-0.39, 0.29) is 6.03 Å². The van der Waals surface area contributed by atoms with E-state index in [1.165, 1.54) is 12.8 Å². The zero-order chi connectivity index (χ0) is 8.27. The van der Waals surface area contributed by atoms with Crippen LogP contribution in [0.15, 0.2) is 0 Å². The van der Waals surface area contributed by atoms with Gasteiger partial charge in [0.1, 0.15) is 0 Å². The van der Waals surface area contributed by atoms with Crippen molar-refractivity contribution in [3.63, 3.8) is 0 Å². The first kappa shape index (κ1) is 8.37. The smallest absolute Gasteiger partial charge is 0.314 e. The summed E-state index contributed by atoms with van der Waals surface area (Å²) in [6.07, 6.45) is 3.62. The topological polar surface area (TPSA) is 41.1 Å². The fourth-order valence-electron chi connectivity index (χ4n) is 1.60. The van der Waals surface area contributed by atoms with Crippen LogP contribution in [0.4, 0.5) is 4.79 Å². The minimum atomic E-state index is -0.0521. The third kappa shape index (κ3) is 2.10. The first-order valence-electron chi connectivity index (χ1n) is 4.22. The van der Waals surface area contributed by atoms with Crippen molar-refractivity contribution < 1.29 is 4.79 Å². The number of nitrogens with one attached hydrogen (secondary N) is 2. The second kappa shape index (κ2) is 3.60. The minimum absolute atomic E-state index is 0.0521. The second-order valence-corrected chi connectivity index (χ2v) is 3.24. The van der Waals surface area contributed by atoms with E-state index in [4.69, 9.17) is 0 Å². The molecular weight excluding hydrogens is 140 g/mol. The van der Waals surface area contributed by atoms with Crippen molar-refractivity contribution in [1.29, 1.82) is 0 Å². The van der Waals surface area contributed by atoms with Crippen LogP contribution in [0.25, 0.3) is 0 Å². The summed E-state index contributed by atoms with van der Waals surface area (Å²) in [5.41, 5.74) is 0. The molecule has 0 saturated heterocycles. The van der Waals surface area contributed by atoms with Crippen molar-refractivity contribution in [2.45, 2.75) is 32.2 Å². The number of hydrogen-bond donors (Lipinski definition) is 2. The third-order valence-electron chi connectivity index (χ3n) is 2.41. The van der Waals surface area contributed by atoms with Crippen LogP contribution in [0.3, 0.4) is 0 Å². The van der Waals surface area contributed by atoms with Gasteiger partial charge in [0.25, 0.3) is 0 Å². The zero-order valence-electron chi connectivity index (χ0n) is 7.18. The molecule has 0 bridgehead atoms. The van der Waals surface area contributed by atoms with Crippen LogP contribution in [0.5, 0.6) is 0 Å². The molecule has 0 aliphatic heterocycles. The highest BCUT2D eigenvalue weighted by Crippen LogP contribution is 2.24. The number of hydrogen-bond acceptors (Lipinski definition) is 1. The summed E-state index contributed by atoms with van der Waals surface area (Å²) in [7, 11) is 1.65. The van der Waals surface area contributed by atoms with Gasteiger partial charge >= 0.3 is 6.03 Å². The average molecular weight is 156 g/mol. The third-order valence-corrected chi connectivity index (χ3v) is 2.41. The molecule has 1 saturated carbocycles. The number of carbonyl (C=O) groups excluding carboxylic acids is 1. The SMILES string of the molecule is CNC(=O)N[C@@H]1CCC[C@@H]1C. The summed E-state index contributed by atoms with van der Waals surface area (Å²) in [6, 6.07) is 0.346. The molecule has 11 heavy (non-hydrogen) atoms. The predicted molar refractivity (Wildman–Crippen MR) is 44.4 cm³/mol. The van der Waals surface area contributed by atoms with Gasteiger partial charge in [-0.3, -0.25) is 0 Å². The molecule has 0 unspecified atom stereocenters. The largest absolute Gasteiger partial charge is 0.341 e. The van der Waals surface area contributed by atoms with E-state index in [1.54, 1.807) is 7.05 Å². The first-order chi connectivity index (χ1) is 5.24. The van der Waals surface area contributed by atoms with Gasteiger partial charge in [-0.15, -0.1) is 0 Å². The first-order valence-corrected chi connectivity index (χ1v) is 4.22.